The van der Waals surface area contributed by atoms with E-state index in [9.17, 15) is 4.39 Å². The Morgan fingerprint density at radius 2 is 2.14 bits per heavy atom. The summed E-state index contributed by atoms with van der Waals surface area (Å²) in [6.07, 6.45) is 2.72. The van der Waals surface area contributed by atoms with Crippen molar-refractivity contribution >= 4 is 52.2 Å². The minimum Gasteiger partial charge on any atom is -0.361 e. The number of hydrogen-bond acceptors (Lipinski definition) is 3. The Bertz CT molecular complexity index is 918. The molecule has 152 valence electrons. The van der Waals surface area contributed by atoms with Crippen molar-refractivity contribution in [2.75, 3.05) is 13.1 Å². The average molecular weight is 515 g/mol. The van der Waals surface area contributed by atoms with Crippen LogP contribution in [0.3, 0.4) is 0 Å². The van der Waals surface area contributed by atoms with Gasteiger partial charge in [-0.1, -0.05) is 13.8 Å². The molecule has 5 nitrogen and oxygen atoms in total. The summed E-state index contributed by atoms with van der Waals surface area (Å²) in [5.74, 6) is 0.992. The van der Waals surface area contributed by atoms with Gasteiger partial charge in [-0.2, -0.15) is 0 Å². The monoisotopic (exact) mass is 515 g/mol. The standard InChI is InChI=1S/C20H26FN5S.HI/c1-4-22-20(25-11-19-26-18(12-27-19)13(2)3)23-8-7-14-10-24-17-6-5-15(21)9-16(14)17;/h5-6,9-10,12-13,24H,4,7-8,11H2,1-3H3,(H2,22,23,25);1H. The SMILES string of the molecule is CCNC(=NCc1nc(C(C)C)cs1)NCCc1c[nH]c2ccc(F)cc12.I. The van der Waals surface area contributed by atoms with Crippen LogP contribution in [0, 0.1) is 5.82 Å². The first-order valence-corrected chi connectivity index (χ1v) is 10.2. The second-order valence-corrected chi connectivity index (χ2v) is 7.64. The molecule has 0 amide bonds. The minimum atomic E-state index is -0.213. The van der Waals surface area contributed by atoms with Crippen LogP contribution in [0.1, 0.15) is 43.0 Å². The topological polar surface area (TPSA) is 65.1 Å². The molecule has 0 aliphatic rings. The van der Waals surface area contributed by atoms with E-state index in [1.165, 1.54) is 6.07 Å². The third kappa shape index (κ3) is 5.91. The third-order valence-corrected chi connectivity index (χ3v) is 5.15. The lowest BCUT2D eigenvalue weighted by Gasteiger charge is -2.10. The molecule has 3 N–H and O–H groups in total. The largest absolute Gasteiger partial charge is 0.361 e. The number of nitrogens with one attached hydrogen (secondary N) is 3. The highest BCUT2D eigenvalue weighted by Crippen LogP contribution is 2.20. The van der Waals surface area contributed by atoms with Crippen molar-refractivity contribution in [2.24, 2.45) is 4.99 Å². The molecule has 28 heavy (non-hydrogen) atoms. The molecular formula is C20H27FIN5S. The maximum absolute atomic E-state index is 13.5. The molecular weight excluding hydrogens is 488 g/mol. The molecule has 0 radical (unpaired) electrons. The van der Waals surface area contributed by atoms with Crippen LogP contribution in [0.2, 0.25) is 0 Å². The van der Waals surface area contributed by atoms with Crippen LogP contribution in [-0.4, -0.2) is 29.0 Å². The molecule has 0 aliphatic carbocycles. The maximum Gasteiger partial charge on any atom is 0.191 e. The fraction of sp³-hybridized carbons (Fsp3) is 0.400. The van der Waals surface area contributed by atoms with E-state index < -0.39 is 0 Å². The molecule has 0 spiro atoms. The van der Waals surface area contributed by atoms with Gasteiger partial charge in [-0.15, -0.1) is 35.3 Å². The Morgan fingerprint density at radius 1 is 1.32 bits per heavy atom. The van der Waals surface area contributed by atoms with Gasteiger partial charge >= 0.3 is 0 Å². The first-order chi connectivity index (χ1) is 13.1. The number of halogens is 2. The van der Waals surface area contributed by atoms with Gasteiger partial charge < -0.3 is 15.6 Å². The molecule has 0 bridgehead atoms. The molecule has 3 rings (SSSR count). The maximum atomic E-state index is 13.5. The van der Waals surface area contributed by atoms with Crippen LogP contribution in [0.25, 0.3) is 10.9 Å². The fourth-order valence-electron chi connectivity index (χ4n) is 2.82. The van der Waals surface area contributed by atoms with Crippen molar-refractivity contribution in [1.29, 1.82) is 0 Å². The number of fused-ring (bicyclic) bond motifs is 1. The van der Waals surface area contributed by atoms with Crippen molar-refractivity contribution in [1.82, 2.24) is 20.6 Å². The number of rotatable bonds is 7. The van der Waals surface area contributed by atoms with E-state index >= 15 is 0 Å². The smallest absolute Gasteiger partial charge is 0.191 e. The molecule has 2 heterocycles. The highest BCUT2D eigenvalue weighted by atomic mass is 127. The number of aliphatic imine (C=N–C) groups is 1. The molecule has 1 aromatic carbocycles. The van der Waals surface area contributed by atoms with E-state index in [0.717, 1.165) is 46.1 Å². The second kappa shape index (κ2) is 10.8. The molecule has 0 saturated carbocycles. The van der Waals surface area contributed by atoms with E-state index in [2.05, 4.69) is 44.8 Å². The van der Waals surface area contributed by atoms with Gasteiger partial charge in [-0.3, -0.25) is 0 Å². The van der Waals surface area contributed by atoms with Crippen LogP contribution < -0.4 is 10.6 Å². The number of aromatic nitrogens is 2. The molecule has 0 atom stereocenters. The molecule has 8 heteroatoms. The summed E-state index contributed by atoms with van der Waals surface area (Å²) in [6, 6.07) is 4.82. The van der Waals surface area contributed by atoms with Gasteiger partial charge in [0.2, 0.25) is 0 Å². The van der Waals surface area contributed by atoms with Gasteiger partial charge in [0.05, 0.1) is 12.2 Å². The van der Waals surface area contributed by atoms with E-state index in [1.807, 2.05) is 13.1 Å². The summed E-state index contributed by atoms with van der Waals surface area (Å²) in [6.45, 7) is 8.39. The van der Waals surface area contributed by atoms with Crippen LogP contribution in [-0.2, 0) is 13.0 Å². The van der Waals surface area contributed by atoms with Gasteiger partial charge in [-0.25, -0.2) is 14.4 Å². The highest BCUT2D eigenvalue weighted by molar-refractivity contribution is 14.0. The Balaban J connectivity index is 0.00000280. The van der Waals surface area contributed by atoms with E-state index in [-0.39, 0.29) is 29.8 Å². The Morgan fingerprint density at radius 3 is 2.86 bits per heavy atom. The van der Waals surface area contributed by atoms with Crippen LogP contribution in [0.5, 0.6) is 0 Å². The van der Waals surface area contributed by atoms with Crippen molar-refractivity contribution in [2.45, 2.75) is 39.7 Å². The lowest BCUT2D eigenvalue weighted by Crippen LogP contribution is -2.38. The van der Waals surface area contributed by atoms with Gasteiger partial charge in [0, 0.05) is 35.6 Å². The van der Waals surface area contributed by atoms with Gasteiger partial charge in [0.1, 0.15) is 10.8 Å². The zero-order valence-electron chi connectivity index (χ0n) is 16.4. The van der Waals surface area contributed by atoms with E-state index in [0.29, 0.717) is 19.0 Å². The zero-order valence-corrected chi connectivity index (χ0v) is 19.5. The summed E-state index contributed by atoms with van der Waals surface area (Å²) in [5.41, 5.74) is 3.17. The predicted octanol–water partition coefficient (Wildman–Crippen LogP) is 4.80. The number of nitrogens with zero attached hydrogens (tertiary/aromatic N) is 2. The van der Waals surface area contributed by atoms with Crippen molar-refractivity contribution in [3.05, 3.63) is 51.9 Å². The Hall–Kier alpha value is -1.68. The molecule has 0 unspecified atom stereocenters. The lowest BCUT2D eigenvalue weighted by molar-refractivity contribution is 0.629. The number of benzene rings is 1. The minimum absolute atomic E-state index is 0. The summed E-state index contributed by atoms with van der Waals surface area (Å²) in [4.78, 5) is 12.4. The number of aromatic amines is 1. The summed E-state index contributed by atoms with van der Waals surface area (Å²) in [5, 5.41) is 10.7. The van der Waals surface area contributed by atoms with Gasteiger partial charge in [-0.05, 0) is 43.0 Å². The number of thiazole rings is 1. The Labute approximate surface area is 186 Å². The quantitative estimate of drug-likeness (QED) is 0.241. The van der Waals surface area contributed by atoms with Gasteiger partial charge in [0.25, 0.3) is 0 Å². The second-order valence-electron chi connectivity index (χ2n) is 6.70. The predicted molar refractivity (Wildman–Crippen MR) is 126 cm³/mol. The van der Waals surface area contributed by atoms with Crippen molar-refractivity contribution in [3.63, 3.8) is 0 Å². The summed E-state index contributed by atoms with van der Waals surface area (Å²) in [7, 11) is 0. The normalized spacial score (nSPS) is 11.7. The number of guanidine groups is 1. The molecule has 3 aromatic rings. The molecule has 2 aromatic heterocycles. The number of H-pyrrole nitrogens is 1. The van der Waals surface area contributed by atoms with Crippen LogP contribution in [0.15, 0.2) is 34.8 Å². The van der Waals surface area contributed by atoms with Crippen molar-refractivity contribution < 1.29 is 4.39 Å². The first kappa shape index (κ1) is 22.6. The fourth-order valence-corrected chi connectivity index (χ4v) is 3.70. The third-order valence-electron chi connectivity index (χ3n) is 4.29. The van der Waals surface area contributed by atoms with Crippen LogP contribution >= 0.6 is 35.3 Å². The first-order valence-electron chi connectivity index (χ1n) is 9.28. The summed E-state index contributed by atoms with van der Waals surface area (Å²) >= 11 is 1.65. The lowest BCUT2D eigenvalue weighted by atomic mass is 10.1. The van der Waals surface area contributed by atoms with Crippen LogP contribution in [0.4, 0.5) is 4.39 Å². The zero-order chi connectivity index (χ0) is 19.2. The molecule has 0 aliphatic heterocycles. The van der Waals surface area contributed by atoms with Crippen molar-refractivity contribution in [3.8, 4) is 0 Å². The Kier molecular flexibility index (Phi) is 8.68. The van der Waals surface area contributed by atoms with E-state index in [1.54, 1.807) is 23.5 Å². The van der Waals surface area contributed by atoms with Gasteiger partial charge in [0.15, 0.2) is 5.96 Å². The van der Waals surface area contributed by atoms with E-state index in [4.69, 9.17) is 0 Å². The highest BCUT2D eigenvalue weighted by Gasteiger charge is 2.07. The average Bonchev–Trinajstić information content (AvgIpc) is 3.27. The summed E-state index contributed by atoms with van der Waals surface area (Å²) < 4.78 is 13.5. The number of hydrogen-bond donors (Lipinski definition) is 3. The molecule has 0 saturated heterocycles. The molecule has 0 fully saturated rings.